The maximum atomic E-state index is 13.8. The van der Waals surface area contributed by atoms with Crippen molar-refractivity contribution in [1.29, 1.82) is 0 Å². The molecule has 110 valence electrons. The zero-order valence-electron chi connectivity index (χ0n) is 10.6. The van der Waals surface area contributed by atoms with Crippen molar-refractivity contribution in [3.8, 4) is 17.2 Å². The Hall–Kier alpha value is -2.22. The molecule has 8 heteroatoms. The number of nitrogens with zero attached hydrogens (tertiary/aromatic N) is 1. The van der Waals surface area contributed by atoms with Crippen molar-refractivity contribution < 1.29 is 23.2 Å². The highest BCUT2D eigenvalue weighted by Gasteiger charge is 2.20. The van der Waals surface area contributed by atoms with Crippen LogP contribution in [0.4, 0.5) is 14.5 Å². The van der Waals surface area contributed by atoms with Crippen LogP contribution in [0.15, 0.2) is 34.8 Å². The highest BCUT2D eigenvalue weighted by molar-refractivity contribution is 9.10. The van der Waals surface area contributed by atoms with E-state index in [4.69, 9.17) is 9.47 Å². The third kappa shape index (κ3) is 3.27. The number of ether oxygens (including phenoxy) is 2. The molecule has 0 amide bonds. The average molecular weight is 360 g/mol. The first-order valence-corrected chi connectivity index (χ1v) is 6.36. The molecule has 2 aromatic rings. The zero-order valence-corrected chi connectivity index (χ0v) is 12.2. The lowest BCUT2D eigenvalue weighted by atomic mass is 10.2. The molecule has 2 rings (SSSR count). The van der Waals surface area contributed by atoms with Crippen molar-refractivity contribution >= 4 is 21.6 Å². The van der Waals surface area contributed by atoms with Gasteiger partial charge in [-0.2, -0.15) is 0 Å². The number of halogens is 3. The molecule has 0 aliphatic rings. The van der Waals surface area contributed by atoms with Crippen molar-refractivity contribution in [3.05, 3.63) is 56.6 Å². The van der Waals surface area contributed by atoms with Gasteiger partial charge >= 0.3 is 5.69 Å². The van der Waals surface area contributed by atoms with Crippen LogP contribution in [0.1, 0.15) is 0 Å². The molecule has 5 nitrogen and oxygen atoms in total. The maximum Gasteiger partial charge on any atom is 0.314 e. The summed E-state index contributed by atoms with van der Waals surface area (Å²) in [6, 6.07) is 5.35. The van der Waals surface area contributed by atoms with E-state index in [0.717, 1.165) is 18.2 Å². The summed E-state index contributed by atoms with van der Waals surface area (Å²) in [5.74, 6) is -1.68. The Balaban J connectivity index is 2.42. The van der Waals surface area contributed by atoms with Crippen LogP contribution in [0.25, 0.3) is 0 Å². The standard InChI is InChI=1S/C13H8BrF2NO4/c1-20-13-6-12(9(16)5-10(13)17(18)19)21-11-3-2-7(15)4-8(11)14/h2-6H,1H3. The van der Waals surface area contributed by atoms with E-state index in [1.807, 2.05) is 0 Å². The summed E-state index contributed by atoms with van der Waals surface area (Å²) < 4.78 is 37.2. The van der Waals surface area contributed by atoms with E-state index in [1.54, 1.807) is 0 Å². The Morgan fingerprint density at radius 3 is 2.43 bits per heavy atom. The van der Waals surface area contributed by atoms with Crippen LogP contribution in [0, 0.1) is 21.7 Å². The number of hydrogen-bond acceptors (Lipinski definition) is 4. The maximum absolute atomic E-state index is 13.8. The van der Waals surface area contributed by atoms with Gasteiger partial charge in [-0.05, 0) is 34.1 Å². The van der Waals surface area contributed by atoms with Crippen LogP contribution in [0.3, 0.4) is 0 Å². The summed E-state index contributed by atoms with van der Waals surface area (Å²) in [5, 5.41) is 10.8. The third-order valence-corrected chi connectivity index (χ3v) is 3.16. The van der Waals surface area contributed by atoms with Crippen LogP contribution >= 0.6 is 15.9 Å². The van der Waals surface area contributed by atoms with E-state index in [-0.39, 0.29) is 21.7 Å². The van der Waals surface area contributed by atoms with E-state index >= 15 is 0 Å². The van der Waals surface area contributed by atoms with Gasteiger partial charge in [0.1, 0.15) is 11.6 Å². The van der Waals surface area contributed by atoms with Crippen molar-refractivity contribution in [2.45, 2.75) is 0 Å². The van der Waals surface area contributed by atoms with Gasteiger partial charge in [0.2, 0.25) is 5.75 Å². The summed E-state index contributed by atoms with van der Waals surface area (Å²) in [6.45, 7) is 0. The number of nitro groups is 1. The van der Waals surface area contributed by atoms with Crippen LogP contribution < -0.4 is 9.47 Å². The van der Waals surface area contributed by atoms with Gasteiger partial charge < -0.3 is 9.47 Å². The molecule has 0 saturated carbocycles. The average Bonchev–Trinajstić information content (AvgIpc) is 2.43. The van der Waals surface area contributed by atoms with Gasteiger partial charge in [-0.1, -0.05) is 0 Å². The van der Waals surface area contributed by atoms with Crippen LogP contribution in [0.5, 0.6) is 17.2 Å². The fraction of sp³-hybridized carbons (Fsp3) is 0.0769. The van der Waals surface area contributed by atoms with Crippen LogP contribution in [-0.4, -0.2) is 12.0 Å². The third-order valence-electron chi connectivity index (χ3n) is 2.54. The number of methoxy groups -OCH3 is 1. The lowest BCUT2D eigenvalue weighted by Crippen LogP contribution is -1.97. The molecule has 0 aromatic heterocycles. The molecule has 0 atom stereocenters. The van der Waals surface area contributed by atoms with E-state index in [2.05, 4.69) is 15.9 Å². The highest BCUT2D eigenvalue weighted by atomic mass is 79.9. The summed E-state index contributed by atoms with van der Waals surface area (Å²) in [4.78, 5) is 10.00. The minimum absolute atomic E-state index is 0.144. The first-order chi connectivity index (χ1) is 9.92. The van der Waals surface area contributed by atoms with E-state index in [1.165, 1.54) is 13.2 Å². The first kappa shape index (κ1) is 15.2. The molecule has 0 spiro atoms. The first-order valence-electron chi connectivity index (χ1n) is 5.57. The molecule has 0 bridgehead atoms. The van der Waals surface area contributed by atoms with Gasteiger partial charge in [-0.15, -0.1) is 0 Å². The highest BCUT2D eigenvalue weighted by Crippen LogP contribution is 2.37. The number of hydrogen-bond donors (Lipinski definition) is 0. The quantitative estimate of drug-likeness (QED) is 0.598. The van der Waals surface area contributed by atoms with Gasteiger partial charge in [-0.25, -0.2) is 8.78 Å². The van der Waals surface area contributed by atoms with Gasteiger partial charge in [-0.3, -0.25) is 10.1 Å². The minimum atomic E-state index is -0.932. The van der Waals surface area contributed by atoms with Gasteiger partial charge in [0.05, 0.1) is 22.6 Å². The monoisotopic (exact) mass is 359 g/mol. The second-order valence-corrected chi connectivity index (χ2v) is 4.74. The van der Waals surface area contributed by atoms with Gasteiger partial charge in [0.25, 0.3) is 0 Å². The van der Waals surface area contributed by atoms with E-state index in [0.29, 0.717) is 6.07 Å². The zero-order chi connectivity index (χ0) is 15.6. The van der Waals surface area contributed by atoms with Crippen molar-refractivity contribution in [2.75, 3.05) is 7.11 Å². The second kappa shape index (κ2) is 6.04. The van der Waals surface area contributed by atoms with Crippen molar-refractivity contribution in [1.82, 2.24) is 0 Å². The summed E-state index contributed by atoms with van der Waals surface area (Å²) in [5.41, 5.74) is -0.513. The second-order valence-electron chi connectivity index (χ2n) is 3.89. The normalized spacial score (nSPS) is 10.3. The molecule has 21 heavy (non-hydrogen) atoms. The smallest absolute Gasteiger partial charge is 0.314 e. The largest absolute Gasteiger partial charge is 0.490 e. The lowest BCUT2D eigenvalue weighted by Gasteiger charge is -2.10. The predicted octanol–water partition coefficient (Wildman–Crippen LogP) is 4.44. The van der Waals surface area contributed by atoms with E-state index < -0.39 is 22.2 Å². The molecule has 0 heterocycles. The predicted molar refractivity (Wildman–Crippen MR) is 73.8 cm³/mol. The number of rotatable bonds is 4. The number of nitro benzene ring substituents is 1. The Kier molecular flexibility index (Phi) is 4.37. The molecule has 0 aliphatic heterocycles. The van der Waals surface area contributed by atoms with E-state index in [9.17, 15) is 18.9 Å². The number of benzene rings is 2. The summed E-state index contributed by atoms with van der Waals surface area (Å²) in [7, 11) is 1.22. The molecular weight excluding hydrogens is 352 g/mol. The lowest BCUT2D eigenvalue weighted by molar-refractivity contribution is -0.386. The van der Waals surface area contributed by atoms with Gasteiger partial charge in [0.15, 0.2) is 11.6 Å². The molecule has 0 unspecified atom stereocenters. The topological polar surface area (TPSA) is 61.6 Å². The molecule has 0 aliphatic carbocycles. The Morgan fingerprint density at radius 2 is 1.86 bits per heavy atom. The fourth-order valence-electron chi connectivity index (χ4n) is 1.59. The molecule has 0 radical (unpaired) electrons. The summed E-state index contributed by atoms with van der Waals surface area (Å²) in [6.07, 6.45) is 0. The Bertz CT molecular complexity index is 709. The molecule has 0 N–H and O–H groups in total. The Morgan fingerprint density at radius 1 is 1.14 bits per heavy atom. The van der Waals surface area contributed by atoms with Gasteiger partial charge in [0, 0.05) is 6.07 Å². The molecule has 0 fully saturated rings. The van der Waals surface area contributed by atoms with Crippen molar-refractivity contribution in [3.63, 3.8) is 0 Å². The minimum Gasteiger partial charge on any atom is -0.490 e. The van der Waals surface area contributed by atoms with Crippen molar-refractivity contribution in [2.24, 2.45) is 0 Å². The summed E-state index contributed by atoms with van der Waals surface area (Å²) >= 11 is 3.08. The van der Waals surface area contributed by atoms with Crippen LogP contribution in [-0.2, 0) is 0 Å². The van der Waals surface area contributed by atoms with Crippen LogP contribution in [0.2, 0.25) is 0 Å². The molecular formula is C13H8BrF2NO4. The fourth-order valence-corrected chi connectivity index (χ4v) is 2.02. The Labute approximate surface area is 126 Å². The molecule has 0 saturated heterocycles. The molecule has 2 aromatic carbocycles. The SMILES string of the molecule is COc1cc(Oc2ccc(F)cc2Br)c(F)cc1[N+](=O)[O-].